The van der Waals surface area contributed by atoms with E-state index in [2.05, 4.69) is 68.4 Å². The Labute approximate surface area is 333 Å². The topological polar surface area (TPSA) is 183 Å². The van der Waals surface area contributed by atoms with Crippen molar-refractivity contribution in [1.29, 1.82) is 0 Å². The maximum atomic E-state index is 13.7. The molecule has 14 heteroatoms. The summed E-state index contributed by atoms with van der Waals surface area (Å²) in [4.78, 5) is 69.5. The number of aryl methyl sites for hydroxylation is 2. The second kappa shape index (κ2) is 16.8. The van der Waals surface area contributed by atoms with Crippen LogP contribution in [0.25, 0.3) is 33.6 Å². The zero-order valence-electron chi connectivity index (χ0n) is 33.6. The summed E-state index contributed by atoms with van der Waals surface area (Å²) in [7, 11) is 2.59. The molecule has 2 aliphatic carbocycles. The molecule has 302 valence electrons. The maximum absolute atomic E-state index is 13.7. The number of ether oxygens (including phenoxy) is 2. The molecule has 0 spiro atoms. The summed E-state index contributed by atoms with van der Waals surface area (Å²) < 4.78 is 9.52. The Balaban J connectivity index is 1.03. The van der Waals surface area contributed by atoms with E-state index in [0.29, 0.717) is 6.54 Å². The number of aromatic nitrogens is 4. The molecule has 5 N–H and O–H groups in total. The van der Waals surface area contributed by atoms with Gasteiger partial charge in [-0.2, -0.15) is 0 Å². The highest BCUT2D eigenvalue weighted by Gasteiger charge is 2.39. The minimum Gasteiger partial charge on any atom is -0.453 e. The fourth-order valence-corrected chi connectivity index (χ4v) is 8.62. The first-order valence-corrected chi connectivity index (χ1v) is 20.1. The van der Waals surface area contributed by atoms with E-state index in [1.807, 2.05) is 38.8 Å². The molecule has 2 fully saturated rings. The molecule has 1 aliphatic heterocycles. The van der Waals surface area contributed by atoms with Gasteiger partial charge < -0.3 is 40.3 Å². The summed E-state index contributed by atoms with van der Waals surface area (Å²) in [6.45, 7) is 8.23. The van der Waals surface area contributed by atoms with Crippen LogP contribution in [0, 0.1) is 11.8 Å². The standard InChI is InChI=1S/C43H54N8O6/c1-23(2)35(49-42(54)56-5)40(52)47-31-10-7-9-30(31)38-44-22-33(46-38)26-14-12-25(13-15-26)27-16-18-29-28(21-27)17-19-32-37(29)48-39(45-32)34-11-8-20-51(34)41(53)36(24(3)4)50-43(55)57-6/h12-16,18,21-24,30-31,34-36H,7-11,17,19-20H2,1-6H3,(H,44,46)(H,45,48)(H,47,52)(H,49,54)(H,50,55)/t30-,31+,34-,35-,36-/m0/s1. The van der Waals surface area contributed by atoms with Gasteiger partial charge in [0.25, 0.3) is 0 Å². The minimum atomic E-state index is -0.690. The first-order chi connectivity index (χ1) is 27.4. The third-order valence-electron chi connectivity index (χ3n) is 11.8. The van der Waals surface area contributed by atoms with Crippen molar-refractivity contribution in [2.75, 3.05) is 20.8 Å². The second-order valence-electron chi connectivity index (χ2n) is 16.1. The van der Waals surface area contributed by atoms with E-state index in [0.717, 1.165) is 95.9 Å². The van der Waals surface area contributed by atoms with Crippen LogP contribution in [0.5, 0.6) is 0 Å². The van der Waals surface area contributed by atoms with Crippen molar-refractivity contribution in [3.63, 3.8) is 0 Å². The summed E-state index contributed by atoms with van der Waals surface area (Å²) in [5, 5.41) is 8.55. The highest BCUT2D eigenvalue weighted by atomic mass is 16.5. The van der Waals surface area contributed by atoms with E-state index in [-0.39, 0.29) is 41.7 Å². The van der Waals surface area contributed by atoms with Crippen molar-refractivity contribution < 1.29 is 28.7 Å². The molecular weight excluding hydrogens is 725 g/mol. The van der Waals surface area contributed by atoms with E-state index in [1.165, 1.54) is 19.8 Å². The van der Waals surface area contributed by atoms with Crippen LogP contribution in [0.15, 0.2) is 48.7 Å². The monoisotopic (exact) mass is 778 g/mol. The van der Waals surface area contributed by atoms with E-state index < -0.39 is 24.3 Å². The molecule has 0 unspecified atom stereocenters. The van der Waals surface area contributed by atoms with Gasteiger partial charge in [0.05, 0.1) is 37.8 Å². The minimum absolute atomic E-state index is 0.0432. The fraction of sp³-hybridized carbons (Fsp3) is 0.488. The zero-order chi connectivity index (χ0) is 40.4. The number of carbonyl (C=O) groups excluding carboxylic acids is 4. The van der Waals surface area contributed by atoms with Gasteiger partial charge in [-0.05, 0) is 72.6 Å². The number of H-pyrrole nitrogens is 2. The smallest absolute Gasteiger partial charge is 0.407 e. The molecule has 1 saturated heterocycles. The van der Waals surface area contributed by atoms with Crippen LogP contribution in [0.4, 0.5) is 9.59 Å². The number of benzene rings is 2. The maximum Gasteiger partial charge on any atom is 0.407 e. The number of nitrogens with zero attached hydrogens (tertiary/aromatic N) is 3. The van der Waals surface area contributed by atoms with Gasteiger partial charge in [0.15, 0.2) is 0 Å². The van der Waals surface area contributed by atoms with Crippen molar-refractivity contribution in [1.82, 2.24) is 40.8 Å². The Kier molecular flexibility index (Phi) is 11.7. The predicted octanol–water partition coefficient (Wildman–Crippen LogP) is 6.41. The van der Waals surface area contributed by atoms with E-state index in [9.17, 15) is 19.2 Å². The number of aromatic amines is 2. The average Bonchev–Trinajstić information content (AvgIpc) is 4.05. The van der Waals surface area contributed by atoms with Crippen LogP contribution < -0.4 is 16.0 Å². The van der Waals surface area contributed by atoms with Gasteiger partial charge in [-0.1, -0.05) is 76.6 Å². The quantitative estimate of drug-likeness (QED) is 0.116. The number of nitrogens with one attached hydrogen (secondary N) is 5. The zero-order valence-corrected chi connectivity index (χ0v) is 33.6. The largest absolute Gasteiger partial charge is 0.453 e. The Morgan fingerprint density at radius 1 is 0.789 bits per heavy atom. The molecule has 14 nitrogen and oxygen atoms in total. The molecule has 57 heavy (non-hydrogen) atoms. The summed E-state index contributed by atoms with van der Waals surface area (Å²) in [6, 6.07) is 13.4. The third kappa shape index (κ3) is 8.26. The SMILES string of the molecule is COC(=O)N[C@H](C(=O)N[C@@H]1CCC[C@@H]1c1ncc(-c2ccc(-c3ccc4c(c3)CCc3[nH]c([C@@H]5CCCN5C(=O)[C@@H](NC(=O)OC)C(C)C)nc3-4)cc2)[nH]1)C(C)C. The molecule has 0 radical (unpaired) electrons. The number of rotatable bonds is 11. The number of alkyl carbamates (subject to hydrolysis) is 2. The lowest BCUT2D eigenvalue weighted by atomic mass is 9.89. The Morgan fingerprint density at radius 3 is 2.18 bits per heavy atom. The molecular formula is C43H54N8O6. The third-order valence-corrected chi connectivity index (χ3v) is 11.8. The first-order valence-electron chi connectivity index (χ1n) is 20.1. The van der Waals surface area contributed by atoms with Gasteiger partial charge in [-0.25, -0.2) is 19.6 Å². The lowest BCUT2D eigenvalue weighted by Gasteiger charge is -2.30. The van der Waals surface area contributed by atoms with Crippen molar-refractivity contribution in [2.45, 2.75) is 103 Å². The molecule has 3 aliphatic rings. The second-order valence-corrected chi connectivity index (χ2v) is 16.1. The van der Waals surface area contributed by atoms with Gasteiger partial charge in [0.1, 0.15) is 23.7 Å². The summed E-state index contributed by atoms with van der Waals surface area (Å²) >= 11 is 0. The molecule has 7 rings (SSSR count). The normalized spacial score (nSPS) is 19.8. The summed E-state index contributed by atoms with van der Waals surface area (Å²) in [5.41, 5.74) is 8.53. The number of hydrogen-bond acceptors (Lipinski definition) is 8. The van der Waals surface area contributed by atoms with Crippen LogP contribution in [-0.4, -0.2) is 87.7 Å². The highest BCUT2D eigenvalue weighted by molar-refractivity contribution is 5.87. The van der Waals surface area contributed by atoms with Crippen LogP contribution in [0.1, 0.15) is 94.7 Å². The molecule has 4 aromatic rings. The van der Waals surface area contributed by atoms with Crippen molar-refractivity contribution >= 4 is 24.0 Å². The molecule has 0 bridgehead atoms. The molecule has 1 saturated carbocycles. The van der Waals surface area contributed by atoms with Crippen molar-refractivity contribution in [3.05, 3.63) is 71.6 Å². The van der Waals surface area contributed by atoms with E-state index in [4.69, 9.17) is 19.4 Å². The van der Waals surface area contributed by atoms with E-state index in [1.54, 1.807) is 0 Å². The summed E-state index contributed by atoms with van der Waals surface area (Å²) in [5.74, 6) is 1.15. The number of carbonyl (C=O) groups is 4. The number of likely N-dealkylation sites (tertiary alicyclic amines) is 1. The predicted molar refractivity (Wildman–Crippen MR) is 215 cm³/mol. The van der Waals surface area contributed by atoms with Crippen molar-refractivity contribution in [2.24, 2.45) is 11.8 Å². The summed E-state index contributed by atoms with van der Waals surface area (Å²) in [6.07, 6.45) is 6.70. The van der Waals surface area contributed by atoms with Gasteiger partial charge >= 0.3 is 12.2 Å². The van der Waals surface area contributed by atoms with Crippen LogP contribution in [0.3, 0.4) is 0 Å². The van der Waals surface area contributed by atoms with Gasteiger partial charge in [-0.3, -0.25) is 9.59 Å². The first kappa shape index (κ1) is 39.6. The molecule has 2 aromatic carbocycles. The Hall–Kier alpha value is -5.66. The fourth-order valence-electron chi connectivity index (χ4n) is 8.62. The number of methoxy groups -OCH3 is 2. The van der Waals surface area contributed by atoms with E-state index >= 15 is 0 Å². The van der Waals surface area contributed by atoms with Gasteiger partial charge in [-0.15, -0.1) is 0 Å². The number of imidazole rings is 2. The Morgan fingerprint density at radius 2 is 1.47 bits per heavy atom. The van der Waals surface area contributed by atoms with Gasteiger partial charge in [0.2, 0.25) is 11.8 Å². The number of amides is 4. The van der Waals surface area contributed by atoms with Crippen molar-refractivity contribution in [3.8, 4) is 33.6 Å². The molecule has 5 atom stereocenters. The highest BCUT2D eigenvalue weighted by Crippen LogP contribution is 2.39. The molecule has 2 aromatic heterocycles. The molecule has 3 heterocycles. The number of hydrogen-bond donors (Lipinski definition) is 5. The molecule has 4 amide bonds. The lowest BCUT2D eigenvalue weighted by molar-refractivity contribution is -0.135. The van der Waals surface area contributed by atoms with Crippen LogP contribution in [0.2, 0.25) is 0 Å². The van der Waals surface area contributed by atoms with Crippen LogP contribution in [-0.2, 0) is 31.9 Å². The van der Waals surface area contributed by atoms with Gasteiger partial charge in [0, 0.05) is 29.8 Å². The number of fused-ring (bicyclic) bond motifs is 3. The average molecular weight is 779 g/mol. The lowest BCUT2D eigenvalue weighted by Crippen LogP contribution is -2.52. The van der Waals surface area contributed by atoms with Crippen LogP contribution >= 0.6 is 0 Å². The Bertz CT molecular complexity index is 2110.